The van der Waals surface area contributed by atoms with Crippen molar-refractivity contribution in [2.75, 3.05) is 25.1 Å². The van der Waals surface area contributed by atoms with Gasteiger partial charge in [-0.15, -0.1) is 0 Å². The number of halogens is 5. The average molecular weight is 514 g/mol. The maximum atomic E-state index is 13.5. The molecule has 0 spiro atoms. The number of rotatable bonds is 6. The van der Waals surface area contributed by atoms with Gasteiger partial charge in [-0.1, -0.05) is 53.5 Å². The minimum Gasteiger partial charge on any atom is -0.495 e. The van der Waals surface area contributed by atoms with E-state index in [1.807, 2.05) is 12.1 Å². The van der Waals surface area contributed by atoms with Crippen LogP contribution in [-0.2, 0) is 12.7 Å². The Morgan fingerprint density at radius 3 is 2.41 bits per heavy atom. The molecule has 2 heterocycles. The fourth-order valence-corrected chi connectivity index (χ4v) is 4.89. The van der Waals surface area contributed by atoms with Crippen molar-refractivity contribution in [3.05, 3.63) is 64.3 Å². The molecule has 0 bridgehead atoms. The first-order valence-corrected chi connectivity index (χ1v) is 11.6. The first-order chi connectivity index (χ1) is 16.2. The molecule has 1 aromatic heterocycles. The van der Waals surface area contributed by atoms with Gasteiger partial charge in [0, 0.05) is 30.4 Å². The van der Waals surface area contributed by atoms with E-state index in [1.165, 1.54) is 4.68 Å². The first-order valence-electron chi connectivity index (χ1n) is 10.8. The minimum absolute atomic E-state index is 0.0839. The summed E-state index contributed by atoms with van der Waals surface area (Å²) in [4.78, 5) is 2.17. The van der Waals surface area contributed by atoms with E-state index in [0.717, 1.165) is 5.69 Å². The molecule has 0 aliphatic carbocycles. The zero-order chi connectivity index (χ0) is 24.5. The Hall–Kier alpha value is -2.42. The van der Waals surface area contributed by atoms with Crippen molar-refractivity contribution in [3.8, 4) is 17.0 Å². The van der Waals surface area contributed by atoms with Crippen LogP contribution in [-0.4, -0.2) is 41.2 Å². The third-order valence-corrected chi connectivity index (χ3v) is 6.82. The quantitative estimate of drug-likeness (QED) is 0.428. The van der Waals surface area contributed by atoms with Crippen LogP contribution in [0.5, 0.6) is 5.75 Å². The zero-order valence-electron chi connectivity index (χ0n) is 18.4. The summed E-state index contributed by atoms with van der Waals surface area (Å²) >= 11 is 12.2. The van der Waals surface area contributed by atoms with Crippen molar-refractivity contribution >= 4 is 28.9 Å². The molecule has 1 fully saturated rings. The molecule has 1 atom stereocenters. The van der Waals surface area contributed by atoms with Crippen LogP contribution in [0.3, 0.4) is 0 Å². The second kappa shape index (κ2) is 10.1. The molecule has 0 saturated carbocycles. The highest BCUT2D eigenvalue weighted by Gasteiger charge is 2.39. The van der Waals surface area contributed by atoms with E-state index in [1.54, 1.807) is 43.5 Å². The highest BCUT2D eigenvalue weighted by molar-refractivity contribution is 6.34. The summed E-state index contributed by atoms with van der Waals surface area (Å²) in [6.45, 7) is 1.29. The third-order valence-electron chi connectivity index (χ3n) is 6.15. The van der Waals surface area contributed by atoms with Crippen LogP contribution in [0.2, 0.25) is 10.0 Å². The van der Waals surface area contributed by atoms with Crippen LogP contribution in [0, 0.1) is 5.92 Å². The second-order valence-corrected chi connectivity index (χ2v) is 9.05. The van der Waals surface area contributed by atoms with Crippen molar-refractivity contribution in [2.45, 2.75) is 31.7 Å². The van der Waals surface area contributed by atoms with Crippen molar-refractivity contribution in [2.24, 2.45) is 5.92 Å². The van der Waals surface area contributed by atoms with Crippen molar-refractivity contribution in [1.29, 1.82) is 0 Å². The van der Waals surface area contributed by atoms with Gasteiger partial charge in [0.15, 0.2) is 5.69 Å². The normalized spacial score (nSPS) is 16.0. The number of hydrogen-bond acceptors (Lipinski definition) is 4. The predicted octanol–water partition coefficient (Wildman–Crippen LogP) is 6.16. The SMILES string of the molecule is COc1cc(N2CCC(C(O)Cn3nc(C(F)(F)F)c(Cl)c3-c3ccccc3)CC2)ccc1Cl. The second-order valence-electron chi connectivity index (χ2n) is 8.27. The Kier molecular flexibility index (Phi) is 7.31. The molecule has 0 amide bonds. The summed E-state index contributed by atoms with van der Waals surface area (Å²) in [6, 6.07) is 14.1. The lowest BCUT2D eigenvalue weighted by Crippen LogP contribution is -2.39. The van der Waals surface area contributed by atoms with Crippen molar-refractivity contribution in [1.82, 2.24) is 9.78 Å². The summed E-state index contributed by atoms with van der Waals surface area (Å²) in [7, 11) is 1.56. The molecule has 1 N–H and O–H groups in total. The van der Waals surface area contributed by atoms with Crippen LogP contribution in [0.4, 0.5) is 18.9 Å². The smallest absolute Gasteiger partial charge is 0.436 e. The molecule has 5 nitrogen and oxygen atoms in total. The number of ether oxygens (including phenoxy) is 1. The fraction of sp³-hybridized carbons (Fsp3) is 0.375. The molecular formula is C24H24Cl2F3N3O2. The summed E-state index contributed by atoms with van der Waals surface area (Å²) in [5.74, 6) is 0.497. The van der Waals surface area contributed by atoms with Gasteiger partial charge < -0.3 is 14.7 Å². The number of methoxy groups -OCH3 is 1. The number of hydrogen-bond donors (Lipinski definition) is 1. The highest BCUT2D eigenvalue weighted by atomic mass is 35.5. The lowest BCUT2D eigenvalue weighted by atomic mass is 9.91. The van der Waals surface area contributed by atoms with E-state index in [4.69, 9.17) is 27.9 Å². The molecule has 1 aliphatic heterocycles. The van der Waals surface area contributed by atoms with Gasteiger partial charge in [0.2, 0.25) is 0 Å². The van der Waals surface area contributed by atoms with Crippen LogP contribution in [0.25, 0.3) is 11.3 Å². The average Bonchev–Trinajstić information content (AvgIpc) is 3.16. The molecule has 34 heavy (non-hydrogen) atoms. The van der Waals surface area contributed by atoms with Crippen LogP contribution in [0.1, 0.15) is 18.5 Å². The van der Waals surface area contributed by atoms with Gasteiger partial charge in [-0.25, -0.2) is 0 Å². The molecule has 1 unspecified atom stereocenters. The van der Waals surface area contributed by atoms with Crippen LogP contribution < -0.4 is 9.64 Å². The van der Waals surface area contributed by atoms with Gasteiger partial charge in [0.05, 0.1) is 35.5 Å². The van der Waals surface area contributed by atoms with E-state index in [2.05, 4.69) is 10.00 Å². The Bertz CT molecular complexity index is 1130. The number of aromatic nitrogens is 2. The maximum Gasteiger partial charge on any atom is 0.436 e. The Balaban J connectivity index is 1.50. The molecule has 0 radical (unpaired) electrons. The van der Waals surface area contributed by atoms with Crippen LogP contribution >= 0.6 is 23.2 Å². The third kappa shape index (κ3) is 5.14. The van der Waals surface area contributed by atoms with E-state index in [9.17, 15) is 18.3 Å². The van der Waals surface area contributed by atoms with Gasteiger partial charge in [-0.3, -0.25) is 4.68 Å². The number of aliphatic hydroxyl groups is 1. The number of anilines is 1. The largest absolute Gasteiger partial charge is 0.495 e. The molecular weight excluding hydrogens is 490 g/mol. The first kappa shape index (κ1) is 24.7. The number of piperidine rings is 1. The van der Waals surface area contributed by atoms with Gasteiger partial charge >= 0.3 is 6.18 Å². The molecule has 10 heteroatoms. The topological polar surface area (TPSA) is 50.5 Å². The van der Waals surface area contributed by atoms with Crippen molar-refractivity contribution < 1.29 is 23.0 Å². The Labute approximate surface area is 205 Å². The molecule has 3 aromatic rings. The fourth-order valence-electron chi connectivity index (χ4n) is 4.34. The molecule has 1 saturated heterocycles. The molecule has 2 aromatic carbocycles. The highest BCUT2D eigenvalue weighted by Crippen LogP contribution is 2.40. The predicted molar refractivity (Wildman–Crippen MR) is 127 cm³/mol. The molecule has 4 rings (SSSR count). The summed E-state index contributed by atoms with van der Waals surface area (Å²) in [5, 5.41) is 14.7. The van der Waals surface area contributed by atoms with E-state index in [0.29, 0.717) is 42.3 Å². The summed E-state index contributed by atoms with van der Waals surface area (Å²) in [6.07, 6.45) is -4.22. The van der Waals surface area contributed by atoms with Gasteiger partial charge in [0.25, 0.3) is 0 Å². The lowest BCUT2D eigenvalue weighted by Gasteiger charge is -2.36. The van der Waals surface area contributed by atoms with Gasteiger partial charge in [-0.2, -0.15) is 18.3 Å². The number of nitrogens with zero attached hydrogens (tertiary/aromatic N) is 3. The van der Waals surface area contributed by atoms with E-state index >= 15 is 0 Å². The zero-order valence-corrected chi connectivity index (χ0v) is 19.9. The number of alkyl halides is 3. The van der Waals surface area contributed by atoms with E-state index < -0.39 is 23.0 Å². The van der Waals surface area contributed by atoms with E-state index in [-0.39, 0.29) is 18.2 Å². The number of benzene rings is 2. The monoisotopic (exact) mass is 513 g/mol. The summed E-state index contributed by atoms with van der Waals surface area (Å²) in [5.41, 5.74) is 0.481. The Morgan fingerprint density at radius 1 is 1.12 bits per heavy atom. The molecule has 1 aliphatic rings. The van der Waals surface area contributed by atoms with Crippen LogP contribution in [0.15, 0.2) is 48.5 Å². The van der Waals surface area contributed by atoms with Gasteiger partial charge in [-0.05, 0) is 30.9 Å². The summed E-state index contributed by atoms with van der Waals surface area (Å²) < 4.78 is 46.9. The molecule has 182 valence electrons. The lowest BCUT2D eigenvalue weighted by molar-refractivity contribution is -0.141. The maximum absolute atomic E-state index is 13.5. The number of aliphatic hydroxyl groups excluding tert-OH is 1. The minimum atomic E-state index is -4.69. The Morgan fingerprint density at radius 2 is 1.79 bits per heavy atom. The standard InChI is InChI=1S/C24H24Cl2F3N3O2/c1-34-20-13-17(7-8-18(20)25)31-11-9-15(10-12-31)19(33)14-32-22(16-5-3-2-4-6-16)21(26)23(30-32)24(27,28)29/h2-8,13,15,19,33H,9-12,14H2,1H3. The van der Waals surface area contributed by atoms with Crippen molar-refractivity contribution in [3.63, 3.8) is 0 Å². The van der Waals surface area contributed by atoms with Gasteiger partial charge in [0.1, 0.15) is 5.75 Å².